The minimum atomic E-state index is -4.23. The van der Waals surface area contributed by atoms with Crippen LogP contribution in [0.4, 0.5) is 4.39 Å². The number of nitrogens with zero attached hydrogens (tertiary/aromatic N) is 3. The molecule has 0 fully saturated rings. The number of fused-ring (bicyclic) bond motifs is 7. The van der Waals surface area contributed by atoms with Crippen molar-refractivity contribution in [3.63, 3.8) is 0 Å². The number of hydrogen-bond acceptors (Lipinski definition) is 13. The molecule has 346 valence electrons. The molecule has 0 amide bonds. The van der Waals surface area contributed by atoms with Crippen LogP contribution in [0.5, 0.6) is 28.9 Å². The van der Waals surface area contributed by atoms with Crippen LogP contribution >= 0.6 is 22.9 Å². The summed E-state index contributed by atoms with van der Waals surface area (Å²) in [5.74, 6) is 0.166. The predicted molar refractivity (Wildman–Crippen MR) is 255 cm³/mol. The molecule has 13 nitrogen and oxygen atoms in total. The van der Waals surface area contributed by atoms with Crippen molar-refractivity contribution in [2.45, 2.75) is 44.0 Å². The van der Waals surface area contributed by atoms with Crippen LogP contribution in [-0.2, 0) is 32.1 Å². The van der Waals surface area contributed by atoms with Gasteiger partial charge < -0.3 is 28.8 Å². The molecule has 8 aromatic rings. The molecule has 0 saturated heterocycles. The van der Waals surface area contributed by atoms with E-state index in [2.05, 4.69) is 9.97 Å². The standard InChI is InChI=1S/C51H41ClFN3O10S2/c1-29-8-15-37(16-9-29)68(59,60)64-28-36-27-62-35-14-18-40(63-26-34-20-22-54-49(56-34)39-6-4-5-7-41(39)61-3)32(24-35)25-43(51(57)58)66-50-46-44(21-23-55-50)67-48(31-10-12-33(53)13-11-31)45(46)38-17-19-42(65-36)47(52)30(38)2/h4-24,36,43H,25-28H2,1-3H3,(H,57,58)/t36-,43+/m0/s1. The van der Waals surface area contributed by atoms with Crippen LogP contribution < -0.4 is 23.7 Å². The lowest BCUT2D eigenvalue weighted by Gasteiger charge is -2.22. The monoisotopic (exact) mass is 973 g/mol. The van der Waals surface area contributed by atoms with Gasteiger partial charge in [0, 0.05) is 39.5 Å². The van der Waals surface area contributed by atoms with E-state index in [9.17, 15) is 22.7 Å². The van der Waals surface area contributed by atoms with Gasteiger partial charge in [-0.25, -0.2) is 24.1 Å². The average molecular weight is 974 g/mol. The number of ether oxygens (including phenoxy) is 5. The second-order valence-corrected chi connectivity index (χ2v) is 18.8. The van der Waals surface area contributed by atoms with Crippen molar-refractivity contribution >= 4 is 49.1 Å². The fraction of sp³-hybridized carbons (Fsp3) is 0.176. The molecule has 0 saturated carbocycles. The maximum absolute atomic E-state index is 14.3. The van der Waals surface area contributed by atoms with Gasteiger partial charge in [-0.05, 0) is 103 Å². The molecule has 0 radical (unpaired) electrons. The van der Waals surface area contributed by atoms with Crippen molar-refractivity contribution in [3.8, 4) is 61.8 Å². The van der Waals surface area contributed by atoms with E-state index in [0.29, 0.717) is 66.5 Å². The number of carboxylic acid groups (broad SMARTS) is 1. The Labute approximate surface area is 399 Å². The third-order valence-electron chi connectivity index (χ3n) is 11.1. The Balaban J connectivity index is 1.14. The zero-order valence-corrected chi connectivity index (χ0v) is 39.0. The number of pyridine rings is 1. The van der Waals surface area contributed by atoms with E-state index in [1.165, 1.54) is 41.8 Å². The summed E-state index contributed by atoms with van der Waals surface area (Å²) in [6.45, 7) is 2.91. The Morgan fingerprint density at radius 2 is 1.68 bits per heavy atom. The van der Waals surface area contributed by atoms with Crippen molar-refractivity contribution in [2.24, 2.45) is 0 Å². The third kappa shape index (κ3) is 9.80. The summed E-state index contributed by atoms with van der Waals surface area (Å²) in [7, 11) is -2.67. The van der Waals surface area contributed by atoms with Crippen LogP contribution in [0.2, 0.25) is 5.02 Å². The normalized spacial score (nSPS) is 14.9. The number of rotatable bonds is 11. The number of benzene rings is 5. The van der Waals surface area contributed by atoms with Gasteiger partial charge >= 0.3 is 5.97 Å². The smallest absolute Gasteiger partial charge is 0.345 e. The lowest BCUT2D eigenvalue weighted by Crippen LogP contribution is -2.31. The molecule has 5 aromatic carbocycles. The van der Waals surface area contributed by atoms with Gasteiger partial charge in [0.05, 0.1) is 33.7 Å². The maximum atomic E-state index is 14.3. The first kappa shape index (κ1) is 46.0. The van der Waals surface area contributed by atoms with E-state index < -0.39 is 40.7 Å². The van der Waals surface area contributed by atoms with Gasteiger partial charge in [-0.2, -0.15) is 8.42 Å². The highest BCUT2D eigenvalue weighted by Crippen LogP contribution is 2.50. The summed E-state index contributed by atoms with van der Waals surface area (Å²) in [6, 6.07) is 31.5. The first-order valence-electron chi connectivity index (χ1n) is 21.2. The minimum Gasteiger partial charge on any atom is -0.496 e. The van der Waals surface area contributed by atoms with Crippen molar-refractivity contribution in [2.75, 3.05) is 20.3 Å². The Morgan fingerprint density at radius 1 is 0.897 bits per heavy atom. The average Bonchev–Trinajstić information content (AvgIpc) is 3.73. The zero-order chi connectivity index (χ0) is 47.5. The van der Waals surface area contributed by atoms with Gasteiger partial charge in [-0.1, -0.05) is 59.6 Å². The highest BCUT2D eigenvalue weighted by atomic mass is 35.5. The van der Waals surface area contributed by atoms with Crippen LogP contribution in [0.3, 0.4) is 0 Å². The number of hydrogen-bond donors (Lipinski definition) is 1. The predicted octanol–water partition coefficient (Wildman–Crippen LogP) is 10.7. The fourth-order valence-electron chi connectivity index (χ4n) is 7.66. The molecule has 0 unspecified atom stereocenters. The van der Waals surface area contributed by atoms with E-state index in [1.54, 1.807) is 87.0 Å². The van der Waals surface area contributed by atoms with Crippen LogP contribution in [0.15, 0.2) is 133 Å². The molecule has 0 spiro atoms. The number of halogens is 2. The lowest BCUT2D eigenvalue weighted by atomic mass is 9.95. The molecule has 10 rings (SSSR count). The Kier molecular flexibility index (Phi) is 13.3. The van der Waals surface area contributed by atoms with Crippen molar-refractivity contribution < 1.29 is 50.6 Å². The largest absolute Gasteiger partial charge is 0.496 e. The zero-order valence-electron chi connectivity index (χ0n) is 36.6. The number of carboxylic acids is 1. The molecule has 17 heteroatoms. The molecule has 4 bridgehead atoms. The molecule has 3 aromatic heterocycles. The number of para-hydroxylation sites is 1. The van der Waals surface area contributed by atoms with Gasteiger partial charge in [0.15, 0.2) is 11.9 Å². The van der Waals surface area contributed by atoms with E-state index in [0.717, 1.165) is 10.4 Å². The second kappa shape index (κ2) is 19.6. The summed E-state index contributed by atoms with van der Waals surface area (Å²) in [5, 5.41) is 11.5. The van der Waals surface area contributed by atoms with E-state index in [1.807, 2.05) is 31.2 Å². The summed E-state index contributed by atoms with van der Waals surface area (Å²) >= 11 is 8.54. The van der Waals surface area contributed by atoms with Gasteiger partial charge in [-0.3, -0.25) is 4.18 Å². The first-order chi connectivity index (χ1) is 32.8. The Hall–Kier alpha value is -7.11. The van der Waals surface area contributed by atoms with Crippen molar-refractivity contribution in [3.05, 3.63) is 161 Å². The summed E-state index contributed by atoms with van der Waals surface area (Å²) in [5.41, 5.74) is 5.00. The number of methoxy groups -OCH3 is 1. The highest BCUT2D eigenvalue weighted by molar-refractivity contribution is 7.86. The van der Waals surface area contributed by atoms with Gasteiger partial charge in [0.25, 0.3) is 10.1 Å². The summed E-state index contributed by atoms with van der Waals surface area (Å²) < 4.78 is 78.5. The molecule has 2 atom stereocenters. The van der Waals surface area contributed by atoms with Crippen LogP contribution in [0, 0.1) is 19.7 Å². The van der Waals surface area contributed by atoms with E-state index >= 15 is 0 Å². The second-order valence-electron chi connectivity index (χ2n) is 15.7. The number of thiophene rings is 1. The molecule has 2 aliphatic rings. The SMILES string of the molecule is COc1ccccc1-c1nccc(COc2ccc3cc2C[C@H](C(=O)O)Oc2nccc4sc(-c5ccc(F)cc5)c(c24)-c2ccc(c(Cl)c2C)O[C@H](COS(=O)(=O)c2ccc(C)cc2)CO3)n1. The number of aryl methyl sites for hydroxylation is 1. The first-order valence-corrected chi connectivity index (χ1v) is 23.8. The molecular formula is C51H41ClFN3O10S2. The van der Waals surface area contributed by atoms with Crippen LogP contribution in [0.1, 0.15) is 22.4 Å². The third-order valence-corrected chi connectivity index (χ3v) is 14.1. The van der Waals surface area contributed by atoms with Gasteiger partial charge in [0.1, 0.15) is 48.6 Å². The van der Waals surface area contributed by atoms with Crippen LogP contribution in [-0.4, -0.2) is 67.0 Å². The van der Waals surface area contributed by atoms with Gasteiger partial charge in [-0.15, -0.1) is 11.3 Å². The van der Waals surface area contributed by atoms with E-state index in [-0.39, 0.29) is 46.9 Å². The summed E-state index contributed by atoms with van der Waals surface area (Å²) in [6.07, 6.45) is 0.364. The lowest BCUT2D eigenvalue weighted by molar-refractivity contribution is -0.145. The Morgan fingerprint density at radius 3 is 2.46 bits per heavy atom. The quantitative estimate of drug-likeness (QED) is 0.122. The molecular weight excluding hydrogens is 933 g/mol. The highest BCUT2D eigenvalue weighted by Gasteiger charge is 2.30. The molecule has 5 heterocycles. The van der Waals surface area contributed by atoms with Gasteiger partial charge in [0.2, 0.25) is 12.0 Å². The maximum Gasteiger partial charge on any atom is 0.345 e. The Bertz CT molecular complexity index is 3280. The van der Waals surface area contributed by atoms with Crippen molar-refractivity contribution in [1.82, 2.24) is 15.0 Å². The molecule has 0 aliphatic carbocycles. The molecule has 2 aliphatic heterocycles. The summed E-state index contributed by atoms with van der Waals surface area (Å²) in [4.78, 5) is 27.7. The molecule has 68 heavy (non-hydrogen) atoms. The van der Waals surface area contributed by atoms with Crippen molar-refractivity contribution in [1.29, 1.82) is 0 Å². The van der Waals surface area contributed by atoms with Crippen LogP contribution in [0.25, 0.3) is 43.0 Å². The fourth-order valence-corrected chi connectivity index (χ4v) is 10.0. The number of carbonyl (C=O) groups is 1. The topological polar surface area (TPSA) is 165 Å². The van der Waals surface area contributed by atoms with E-state index in [4.69, 9.17) is 44.5 Å². The number of aliphatic carboxylic acids is 1. The number of aromatic nitrogens is 3. The minimum absolute atomic E-state index is 0.0260. The molecule has 1 N–H and O–H groups in total.